The number of carbonyl (C=O) groups is 1. The van der Waals surface area contributed by atoms with Crippen LogP contribution in [0.25, 0.3) is 0 Å². The molecule has 0 atom stereocenters. The summed E-state index contributed by atoms with van der Waals surface area (Å²) >= 11 is 5.11. The molecule has 5 heteroatoms. The van der Waals surface area contributed by atoms with Crippen LogP contribution in [0.4, 0.5) is 5.69 Å². The van der Waals surface area contributed by atoms with Crippen LogP contribution >= 0.6 is 27.3 Å². The van der Waals surface area contributed by atoms with Gasteiger partial charge in [0.2, 0.25) is 5.91 Å². The van der Waals surface area contributed by atoms with Gasteiger partial charge in [-0.1, -0.05) is 0 Å². The summed E-state index contributed by atoms with van der Waals surface area (Å²) in [5.41, 5.74) is 6.66. The van der Waals surface area contributed by atoms with E-state index in [4.69, 9.17) is 5.73 Å². The Bertz CT molecular complexity index is 522. The molecular formula is C12H11BrN2OS. The summed E-state index contributed by atoms with van der Waals surface area (Å²) in [5.74, 6) is -0.404. The number of nitrogens with one attached hydrogen (secondary N) is 1. The zero-order valence-corrected chi connectivity index (χ0v) is 11.3. The van der Waals surface area contributed by atoms with E-state index in [2.05, 4.69) is 27.3 Å². The molecule has 0 spiro atoms. The Kier molecular flexibility index (Phi) is 3.81. The predicted molar refractivity (Wildman–Crippen MR) is 74.3 cm³/mol. The van der Waals surface area contributed by atoms with Crippen LogP contribution in [0.2, 0.25) is 0 Å². The summed E-state index contributed by atoms with van der Waals surface area (Å²) in [6, 6.07) is 9.21. The number of amides is 1. The van der Waals surface area contributed by atoms with E-state index in [-0.39, 0.29) is 0 Å². The van der Waals surface area contributed by atoms with E-state index in [1.807, 2.05) is 17.5 Å². The Labute approximate surface area is 112 Å². The van der Waals surface area contributed by atoms with Gasteiger partial charge in [0.15, 0.2) is 0 Å². The Morgan fingerprint density at radius 2 is 2.06 bits per heavy atom. The molecule has 0 unspecified atom stereocenters. The van der Waals surface area contributed by atoms with E-state index in [0.29, 0.717) is 5.56 Å². The number of benzene rings is 1. The van der Waals surface area contributed by atoms with Gasteiger partial charge in [-0.25, -0.2) is 0 Å². The van der Waals surface area contributed by atoms with Crippen molar-refractivity contribution in [2.75, 3.05) is 5.32 Å². The third kappa shape index (κ3) is 3.31. The third-order valence-corrected chi connectivity index (χ3v) is 3.96. The van der Waals surface area contributed by atoms with Crippen molar-refractivity contribution in [1.82, 2.24) is 0 Å². The van der Waals surface area contributed by atoms with Gasteiger partial charge < -0.3 is 11.1 Å². The van der Waals surface area contributed by atoms with E-state index in [9.17, 15) is 4.79 Å². The molecule has 0 radical (unpaired) electrons. The van der Waals surface area contributed by atoms with Crippen molar-refractivity contribution in [2.45, 2.75) is 6.54 Å². The monoisotopic (exact) mass is 310 g/mol. The van der Waals surface area contributed by atoms with Crippen LogP contribution < -0.4 is 11.1 Å². The van der Waals surface area contributed by atoms with Crippen LogP contribution in [0, 0.1) is 0 Å². The average Bonchev–Trinajstić information content (AvgIpc) is 2.73. The lowest BCUT2D eigenvalue weighted by molar-refractivity contribution is 0.100. The fraction of sp³-hybridized carbons (Fsp3) is 0.0833. The molecule has 1 heterocycles. The maximum atomic E-state index is 10.9. The van der Waals surface area contributed by atoms with E-state index >= 15 is 0 Å². The highest BCUT2D eigenvalue weighted by Crippen LogP contribution is 2.20. The van der Waals surface area contributed by atoms with Crippen LogP contribution in [0.1, 0.15) is 15.2 Å². The maximum absolute atomic E-state index is 10.9. The molecule has 0 bridgehead atoms. The molecule has 3 N–H and O–H groups in total. The Hall–Kier alpha value is -1.33. The summed E-state index contributed by atoms with van der Waals surface area (Å²) in [5, 5.41) is 5.33. The van der Waals surface area contributed by atoms with Gasteiger partial charge in [0.25, 0.3) is 0 Å². The highest BCUT2D eigenvalue weighted by molar-refractivity contribution is 9.10. The van der Waals surface area contributed by atoms with Gasteiger partial charge in [-0.2, -0.15) is 0 Å². The molecule has 0 fully saturated rings. The first-order valence-corrected chi connectivity index (χ1v) is 6.69. The molecule has 0 saturated carbocycles. The molecule has 3 nitrogen and oxygen atoms in total. The van der Waals surface area contributed by atoms with Crippen molar-refractivity contribution < 1.29 is 4.79 Å². The van der Waals surface area contributed by atoms with Crippen LogP contribution in [0.15, 0.2) is 40.2 Å². The summed E-state index contributed by atoms with van der Waals surface area (Å²) in [6.07, 6.45) is 0. The number of hydrogen-bond donors (Lipinski definition) is 2. The van der Waals surface area contributed by atoms with Crippen molar-refractivity contribution in [3.63, 3.8) is 0 Å². The molecule has 0 aliphatic heterocycles. The summed E-state index contributed by atoms with van der Waals surface area (Å²) in [7, 11) is 0. The second kappa shape index (κ2) is 5.33. The number of primary amides is 1. The van der Waals surface area contributed by atoms with Gasteiger partial charge in [-0.15, -0.1) is 11.3 Å². The molecule has 0 aliphatic rings. The largest absolute Gasteiger partial charge is 0.380 e. The number of hydrogen-bond acceptors (Lipinski definition) is 3. The minimum absolute atomic E-state index is 0.404. The van der Waals surface area contributed by atoms with Gasteiger partial charge in [0, 0.05) is 32.5 Å². The molecule has 1 aromatic heterocycles. The summed E-state index contributed by atoms with van der Waals surface area (Å²) in [4.78, 5) is 12.1. The first-order valence-electron chi connectivity index (χ1n) is 5.02. The SMILES string of the molecule is NC(=O)c1ccc(NCc2cc(Br)cs2)cc1. The van der Waals surface area contributed by atoms with E-state index in [1.54, 1.807) is 23.5 Å². The van der Waals surface area contributed by atoms with E-state index < -0.39 is 5.91 Å². The van der Waals surface area contributed by atoms with Crippen molar-refractivity contribution in [1.29, 1.82) is 0 Å². The lowest BCUT2D eigenvalue weighted by atomic mass is 10.2. The van der Waals surface area contributed by atoms with Crippen molar-refractivity contribution >= 4 is 38.9 Å². The molecule has 1 aromatic carbocycles. The maximum Gasteiger partial charge on any atom is 0.248 e. The van der Waals surface area contributed by atoms with Crippen LogP contribution in [0.5, 0.6) is 0 Å². The number of anilines is 1. The quantitative estimate of drug-likeness (QED) is 0.911. The molecule has 0 aliphatic carbocycles. The van der Waals surface area contributed by atoms with E-state index in [1.165, 1.54) is 4.88 Å². The Balaban J connectivity index is 1.97. The lowest BCUT2D eigenvalue weighted by Crippen LogP contribution is -2.10. The van der Waals surface area contributed by atoms with Gasteiger partial charge in [-0.05, 0) is 46.3 Å². The zero-order valence-electron chi connectivity index (χ0n) is 8.94. The second-order valence-corrected chi connectivity index (χ2v) is 5.44. The van der Waals surface area contributed by atoms with Crippen molar-refractivity contribution in [3.8, 4) is 0 Å². The number of halogens is 1. The van der Waals surface area contributed by atoms with Crippen molar-refractivity contribution in [2.24, 2.45) is 5.73 Å². The topological polar surface area (TPSA) is 55.1 Å². The zero-order chi connectivity index (χ0) is 12.3. The van der Waals surface area contributed by atoms with Gasteiger partial charge in [0.05, 0.1) is 0 Å². The number of nitrogens with two attached hydrogens (primary N) is 1. The third-order valence-electron chi connectivity index (χ3n) is 2.26. The normalized spacial score (nSPS) is 10.2. The van der Waals surface area contributed by atoms with Crippen LogP contribution in [0.3, 0.4) is 0 Å². The first-order chi connectivity index (χ1) is 8.15. The van der Waals surface area contributed by atoms with Gasteiger partial charge >= 0.3 is 0 Å². The fourth-order valence-electron chi connectivity index (χ4n) is 1.39. The smallest absolute Gasteiger partial charge is 0.248 e. The molecule has 88 valence electrons. The van der Waals surface area contributed by atoms with Crippen LogP contribution in [-0.4, -0.2) is 5.91 Å². The Morgan fingerprint density at radius 3 is 2.59 bits per heavy atom. The number of thiophene rings is 1. The minimum atomic E-state index is -0.404. The molecule has 0 saturated heterocycles. The standard InChI is InChI=1S/C12H11BrN2OS/c13-9-5-11(17-7-9)6-15-10-3-1-8(2-4-10)12(14)16/h1-5,7,15H,6H2,(H2,14,16). The Morgan fingerprint density at radius 1 is 1.35 bits per heavy atom. The summed E-state index contributed by atoms with van der Waals surface area (Å²) < 4.78 is 1.10. The first kappa shape index (κ1) is 12.1. The summed E-state index contributed by atoms with van der Waals surface area (Å²) in [6.45, 7) is 0.770. The van der Waals surface area contributed by atoms with Crippen LogP contribution in [-0.2, 0) is 6.54 Å². The average molecular weight is 311 g/mol. The van der Waals surface area contributed by atoms with Gasteiger partial charge in [0.1, 0.15) is 0 Å². The van der Waals surface area contributed by atoms with E-state index in [0.717, 1.165) is 16.7 Å². The number of carbonyl (C=O) groups excluding carboxylic acids is 1. The van der Waals surface area contributed by atoms with Crippen molar-refractivity contribution in [3.05, 3.63) is 50.6 Å². The highest BCUT2D eigenvalue weighted by Gasteiger charge is 2.00. The molecular weight excluding hydrogens is 300 g/mol. The lowest BCUT2D eigenvalue weighted by Gasteiger charge is -2.05. The minimum Gasteiger partial charge on any atom is -0.380 e. The molecule has 2 aromatic rings. The predicted octanol–water partition coefficient (Wildman–Crippen LogP) is 3.22. The second-order valence-electron chi connectivity index (χ2n) is 3.53. The molecule has 17 heavy (non-hydrogen) atoms. The number of rotatable bonds is 4. The van der Waals surface area contributed by atoms with Gasteiger partial charge in [-0.3, -0.25) is 4.79 Å². The fourth-order valence-corrected chi connectivity index (χ4v) is 2.78. The molecule has 2 rings (SSSR count). The highest BCUT2D eigenvalue weighted by atomic mass is 79.9. The molecule has 1 amide bonds.